The van der Waals surface area contributed by atoms with E-state index in [4.69, 9.17) is 16.7 Å². The lowest BCUT2D eigenvalue weighted by Crippen LogP contribution is -2.51. The van der Waals surface area contributed by atoms with Crippen molar-refractivity contribution < 1.29 is 13.5 Å². The molecule has 0 radical (unpaired) electrons. The molecule has 1 aliphatic rings. The monoisotopic (exact) mass is 261 g/mol. The third-order valence-electron chi connectivity index (χ3n) is 2.62. The number of rotatable bonds is 3. The Hall–Kier alpha value is -0.620. The van der Waals surface area contributed by atoms with E-state index >= 15 is 0 Å². The number of aliphatic hydroxyl groups excluding tert-OH is 1. The molecule has 88 valence electrons. The van der Waals surface area contributed by atoms with Gasteiger partial charge in [0.25, 0.3) is 0 Å². The van der Waals surface area contributed by atoms with Gasteiger partial charge in [-0.25, -0.2) is 8.42 Å². The van der Waals surface area contributed by atoms with E-state index in [1.54, 1.807) is 12.1 Å². The fraction of sp³-hybridized carbons (Fsp3) is 0.400. The third-order valence-corrected chi connectivity index (χ3v) is 4.68. The predicted molar refractivity (Wildman–Crippen MR) is 60.8 cm³/mol. The normalized spacial score (nSPS) is 18.4. The van der Waals surface area contributed by atoms with Crippen LogP contribution < -0.4 is 0 Å². The van der Waals surface area contributed by atoms with Crippen molar-refractivity contribution in [2.45, 2.75) is 4.90 Å². The van der Waals surface area contributed by atoms with Gasteiger partial charge in [-0.3, -0.25) is 0 Å². The van der Waals surface area contributed by atoms with Crippen molar-refractivity contribution in [3.63, 3.8) is 0 Å². The number of hydrogen-bond donors (Lipinski definition) is 1. The van der Waals surface area contributed by atoms with Crippen LogP contribution in [0.15, 0.2) is 29.2 Å². The maximum Gasteiger partial charge on any atom is 0.243 e. The van der Waals surface area contributed by atoms with E-state index in [0.717, 1.165) is 0 Å². The van der Waals surface area contributed by atoms with Crippen LogP contribution in [0.1, 0.15) is 0 Å². The number of nitrogens with zero attached hydrogens (tertiary/aromatic N) is 1. The highest BCUT2D eigenvalue weighted by Gasteiger charge is 2.36. The lowest BCUT2D eigenvalue weighted by atomic mass is 10.1. The summed E-state index contributed by atoms with van der Waals surface area (Å²) in [5, 5.41) is 9.24. The fourth-order valence-corrected chi connectivity index (χ4v) is 3.50. The number of sulfonamides is 1. The molecule has 6 heteroatoms. The fourth-order valence-electron chi connectivity index (χ4n) is 1.61. The Balaban J connectivity index is 2.21. The zero-order valence-electron chi connectivity index (χ0n) is 8.51. The number of benzene rings is 1. The van der Waals surface area contributed by atoms with Gasteiger partial charge in [0.15, 0.2) is 0 Å². The summed E-state index contributed by atoms with van der Waals surface area (Å²) in [6.45, 7) is 0.790. The van der Waals surface area contributed by atoms with Gasteiger partial charge in [0.05, 0.1) is 4.90 Å². The molecule has 1 heterocycles. The van der Waals surface area contributed by atoms with Crippen molar-refractivity contribution in [1.82, 2.24) is 4.31 Å². The van der Waals surface area contributed by atoms with Crippen LogP contribution in [0.3, 0.4) is 0 Å². The van der Waals surface area contributed by atoms with Gasteiger partial charge in [-0.1, -0.05) is 17.7 Å². The summed E-state index contributed by atoms with van der Waals surface area (Å²) in [7, 11) is -3.43. The molecular weight excluding hydrogens is 250 g/mol. The van der Waals surface area contributed by atoms with Gasteiger partial charge in [0, 0.05) is 30.6 Å². The van der Waals surface area contributed by atoms with Crippen LogP contribution in [0, 0.1) is 5.92 Å². The molecule has 0 spiro atoms. The number of halogens is 1. The summed E-state index contributed by atoms with van der Waals surface area (Å²) in [5.74, 6) is 0.0639. The Morgan fingerprint density at radius 3 is 2.69 bits per heavy atom. The minimum absolute atomic E-state index is 0.0293. The van der Waals surface area contributed by atoms with Crippen molar-refractivity contribution in [2.24, 2.45) is 5.92 Å². The summed E-state index contributed by atoms with van der Waals surface area (Å²) in [4.78, 5) is 0.205. The lowest BCUT2D eigenvalue weighted by molar-refractivity contribution is 0.117. The average molecular weight is 262 g/mol. The van der Waals surface area contributed by atoms with E-state index in [1.165, 1.54) is 16.4 Å². The van der Waals surface area contributed by atoms with Gasteiger partial charge < -0.3 is 5.11 Å². The number of aliphatic hydroxyl groups is 1. The molecule has 0 aliphatic carbocycles. The summed E-state index contributed by atoms with van der Waals surface area (Å²) >= 11 is 5.75. The molecule has 0 atom stereocenters. The summed E-state index contributed by atoms with van der Waals surface area (Å²) in [6, 6.07) is 6.20. The Labute approximate surface area is 99.5 Å². The van der Waals surface area contributed by atoms with E-state index < -0.39 is 10.0 Å². The first-order chi connectivity index (χ1) is 7.54. The highest BCUT2D eigenvalue weighted by atomic mass is 35.5. The molecule has 1 saturated heterocycles. The van der Waals surface area contributed by atoms with E-state index in [9.17, 15) is 8.42 Å². The maximum atomic E-state index is 12.0. The second-order valence-electron chi connectivity index (χ2n) is 3.83. The van der Waals surface area contributed by atoms with Gasteiger partial charge in [-0.2, -0.15) is 4.31 Å². The van der Waals surface area contributed by atoms with Crippen LogP contribution >= 0.6 is 11.6 Å². The van der Waals surface area contributed by atoms with E-state index in [-0.39, 0.29) is 17.4 Å². The van der Waals surface area contributed by atoms with Crippen molar-refractivity contribution in [3.05, 3.63) is 29.3 Å². The largest absolute Gasteiger partial charge is 0.396 e. The highest BCUT2D eigenvalue weighted by Crippen LogP contribution is 2.26. The molecule has 16 heavy (non-hydrogen) atoms. The Bertz CT molecular complexity index is 483. The zero-order valence-corrected chi connectivity index (χ0v) is 10.1. The lowest BCUT2D eigenvalue weighted by Gasteiger charge is -2.36. The minimum Gasteiger partial charge on any atom is -0.396 e. The third kappa shape index (κ3) is 2.08. The predicted octanol–water partition coefficient (Wildman–Crippen LogP) is 0.953. The summed E-state index contributed by atoms with van der Waals surface area (Å²) in [5.41, 5.74) is 0. The molecule has 1 N–H and O–H groups in total. The van der Waals surface area contributed by atoms with Crippen LogP contribution in [-0.4, -0.2) is 37.5 Å². The van der Waals surface area contributed by atoms with Gasteiger partial charge in [-0.15, -0.1) is 0 Å². The Morgan fingerprint density at radius 2 is 2.12 bits per heavy atom. The molecule has 0 aromatic heterocycles. The summed E-state index contributed by atoms with van der Waals surface area (Å²) in [6.07, 6.45) is 0. The van der Waals surface area contributed by atoms with Crippen LogP contribution in [0.25, 0.3) is 0 Å². The van der Waals surface area contributed by atoms with Gasteiger partial charge in [-0.05, 0) is 18.2 Å². The molecule has 4 nitrogen and oxygen atoms in total. The molecule has 1 aromatic rings. The quantitative estimate of drug-likeness (QED) is 0.882. The molecule has 0 amide bonds. The van der Waals surface area contributed by atoms with Crippen LogP contribution in [-0.2, 0) is 10.0 Å². The summed E-state index contributed by atoms with van der Waals surface area (Å²) < 4.78 is 25.4. The Morgan fingerprint density at radius 1 is 1.44 bits per heavy atom. The average Bonchev–Trinajstić information content (AvgIpc) is 2.15. The van der Waals surface area contributed by atoms with Gasteiger partial charge >= 0.3 is 0 Å². The SMILES string of the molecule is O=S(=O)(c1cccc(Cl)c1)N1CC(CO)C1. The second kappa shape index (κ2) is 4.33. The van der Waals surface area contributed by atoms with Crippen molar-refractivity contribution in [2.75, 3.05) is 19.7 Å². The molecule has 1 aliphatic heterocycles. The molecule has 1 aromatic carbocycles. The molecule has 0 bridgehead atoms. The van der Waals surface area contributed by atoms with Gasteiger partial charge in [0.1, 0.15) is 0 Å². The van der Waals surface area contributed by atoms with Crippen molar-refractivity contribution in [1.29, 1.82) is 0 Å². The molecular formula is C10H12ClNO3S. The first-order valence-electron chi connectivity index (χ1n) is 4.90. The maximum absolute atomic E-state index is 12.0. The Kier molecular flexibility index (Phi) is 3.21. The molecule has 0 unspecified atom stereocenters. The molecule has 0 saturated carbocycles. The number of hydrogen-bond acceptors (Lipinski definition) is 3. The standard InChI is InChI=1S/C10H12ClNO3S/c11-9-2-1-3-10(4-9)16(14,15)12-5-8(6-12)7-13/h1-4,8,13H,5-7H2. The van der Waals surface area contributed by atoms with Crippen molar-refractivity contribution >= 4 is 21.6 Å². The molecule has 2 rings (SSSR count). The topological polar surface area (TPSA) is 57.6 Å². The molecule has 1 fully saturated rings. The first kappa shape index (κ1) is 11.9. The second-order valence-corrected chi connectivity index (χ2v) is 6.20. The van der Waals surface area contributed by atoms with Gasteiger partial charge in [0.2, 0.25) is 10.0 Å². The highest BCUT2D eigenvalue weighted by molar-refractivity contribution is 7.89. The van der Waals surface area contributed by atoms with Crippen LogP contribution in [0.4, 0.5) is 0 Å². The zero-order chi connectivity index (χ0) is 11.8. The first-order valence-corrected chi connectivity index (χ1v) is 6.72. The van der Waals surface area contributed by atoms with E-state index in [2.05, 4.69) is 0 Å². The minimum atomic E-state index is -3.43. The van der Waals surface area contributed by atoms with Crippen molar-refractivity contribution in [3.8, 4) is 0 Å². The van der Waals surface area contributed by atoms with Crippen LogP contribution in [0.2, 0.25) is 5.02 Å². The smallest absolute Gasteiger partial charge is 0.243 e. The van der Waals surface area contributed by atoms with Crippen LogP contribution in [0.5, 0.6) is 0 Å². The van der Waals surface area contributed by atoms with E-state index in [0.29, 0.717) is 18.1 Å². The van der Waals surface area contributed by atoms with E-state index in [1.807, 2.05) is 0 Å².